The van der Waals surface area contributed by atoms with E-state index in [4.69, 9.17) is 4.74 Å². The highest BCUT2D eigenvalue weighted by Crippen LogP contribution is 2.19. The van der Waals surface area contributed by atoms with Crippen LogP contribution in [-0.2, 0) is 22.4 Å². The lowest BCUT2D eigenvalue weighted by atomic mass is 10.1. The number of nitrogens with zero attached hydrogens (tertiary/aromatic N) is 1. The molecule has 28 heavy (non-hydrogen) atoms. The van der Waals surface area contributed by atoms with Gasteiger partial charge < -0.3 is 15.0 Å². The summed E-state index contributed by atoms with van der Waals surface area (Å²) < 4.78 is 18.1. The van der Waals surface area contributed by atoms with Gasteiger partial charge in [0, 0.05) is 26.1 Å². The van der Waals surface area contributed by atoms with Gasteiger partial charge in [-0.25, -0.2) is 4.39 Å². The van der Waals surface area contributed by atoms with Crippen molar-refractivity contribution in [2.24, 2.45) is 5.92 Å². The quantitative estimate of drug-likeness (QED) is 0.761. The molecule has 2 amide bonds. The Morgan fingerprint density at radius 2 is 1.75 bits per heavy atom. The number of carbonyl (C=O) groups excluding carboxylic acids is 2. The molecule has 2 aromatic rings. The first-order valence-electron chi connectivity index (χ1n) is 9.48. The molecule has 1 aliphatic rings. The molecule has 1 saturated heterocycles. The van der Waals surface area contributed by atoms with Crippen molar-refractivity contribution in [2.75, 3.05) is 26.7 Å². The molecule has 2 aromatic carbocycles. The fraction of sp³-hybridized carbons (Fsp3) is 0.364. The molecule has 0 aromatic heterocycles. The molecular formula is C22H25FN2O3. The molecule has 0 aliphatic carbocycles. The number of methoxy groups -OCH3 is 1. The lowest BCUT2D eigenvalue weighted by molar-refractivity contribution is -0.129. The zero-order chi connectivity index (χ0) is 19.9. The van der Waals surface area contributed by atoms with Crippen LogP contribution < -0.4 is 10.1 Å². The summed E-state index contributed by atoms with van der Waals surface area (Å²) in [6.45, 7) is 1.53. The van der Waals surface area contributed by atoms with E-state index < -0.39 is 0 Å². The molecule has 1 unspecified atom stereocenters. The van der Waals surface area contributed by atoms with Gasteiger partial charge in [-0.15, -0.1) is 0 Å². The van der Waals surface area contributed by atoms with E-state index in [9.17, 15) is 14.0 Å². The zero-order valence-corrected chi connectivity index (χ0v) is 16.0. The number of rotatable bonds is 8. The number of hydrogen-bond acceptors (Lipinski definition) is 3. The molecule has 1 aliphatic heterocycles. The van der Waals surface area contributed by atoms with Crippen LogP contribution >= 0.6 is 0 Å². The van der Waals surface area contributed by atoms with Crippen LogP contribution in [0.5, 0.6) is 5.75 Å². The maximum atomic E-state index is 12.9. The van der Waals surface area contributed by atoms with E-state index in [1.165, 1.54) is 12.1 Å². The van der Waals surface area contributed by atoms with Crippen LogP contribution in [-0.4, -0.2) is 43.5 Å². The van der Waals surface area contributed by atoms with Gasteiger partial charge in [-0.1, -0.05) is 24.3 Å². The largest absolute Gasteiger partial charge is 0.497 e. The van der Waals surface area contributed by atoms with Crippen LogP contribution in [0.2, 0.25) is 0 Å². The van der Waals surface area contributed by atoms with Gasteiger partial charge in [0.2, 0.25) is 11.8 Å². The Morgan fingerprint density at radius 1 is 1.11 bits per heavy atom. The number of hydrogen-bond donors (Lipinski definition) is 1. The molecule has 148 valence electrons. The van der Waals surface area contributed by atoms with Crippen molar-refractivity contribution in [1.29, 1.82) is 0 Å². The second-order valence-electron chi connectivity index (χ2n) is 7.01. The minimum atomic E-state index is -0.309. The lowest BCUT2D eigenvalue weighted by Crippen LogP contribution is -2.34. The van der Waals surface area contributed by atoms with Gasteiger partial charge in [-0.2, -0.15) is 0 Å². The molecular weight excluding hydrogens is 359 g/mol. The van der Waals surface area contributed by atoms with E-state index in [2.05, 4.69) is 5.32 Å². The summed E-state index contributed by atoms with van der Waals surface area (Å²) >= 11 is 0. The first-order valence-corrected chi connectivity index (χ1v) is 9.48. The minimum absolute atomic E-state index is 0.0206. The van der Waals surface area contributed by atoms with Crippen molar-refractivity contribution in [1.82, 2.24) is 10.2 Å². The van der Waals surface area contributed by atoms with Gasteiger partial charge in [0.05, 0.1) is 13.0 Å². The Labute approximate surface area is 164 Å². The van der Waals surface area contributed by atoms with Crippen LogP contribution in [0.3, 0.4) is 0 Å². The van der Waals surface area contributed by atoms with Crippen molar-refractivity contribution in [3.8, 4) is 5.75 Å². The number of nitrogens with one attached hydrogen (secondary N) is 1. The van der Waals surface area contributed by atoms with Crippen molar-refractivity contribution in [2.45, 2.75) is 19.3 Å². The number of carbonyl (C=O) groups is 2. The molecule has 1 N–H and O–H groups in total. The third-order valence-electron chi connectivity index (χ3n) is 5.04. The second kappa shape index (κ2) is 9.35. The van der Waals surface area contributed by atoms with Gasteiger partial charge >= 0.3 is 0 Å². The SMILES string of the molecule is COc1ccc(CCN2CC(C(=O)NCCc3ccc(F)cc3)CC2=O)cc1. The molecule has 3 rings (SSSR count). The average molecular weight is 384 g/mol. The second-order valence-corrected chi connectivity index (χ2v) is 7.01. The molecule has 0 saturated carbocycles. The topological polar surface area (TPSA) is 58.6 Å². The normalized spacial score (nSPS) is 16.3. The molecule has 5 nitrogen and oxygen atoms in total. The average Bonchev–Trinajstić information content (AvgIpc) is 3.09. The zero-order valence-electron chi connectivity index (χ0n) is 16.0. The van der Waals surface area contributed by atoms with Crippen molar-refractivity contribution >= 4 is 11.8 Å². The summed E-state index contributed by atoms with van der Waals surface area (Å²) in [5.74, 6) is 0.150. The Hall–Kier alpha value is -2.89. The Balaban J connectivity index is 1.42. The molecule has 0 radical (unpaired) electrons. The molecule has 1 heterocycles. The highest BCUT2D eigenvalue weighted by molar-refractivity contribution is 5.89. The summed E-state index contributed by atoms with van der Waals surface area (Å²) in [6.07, 6.45) is 1.63. The van der Waals surface area contributed by atoms with Gasteiger partial charge in [0.25, 0.3) is 0 Å². The summed E-state index contributed by atoms with van der Waals surface area (Å²) in [6, 6.07) is 14.0. The first kappa shape index (κ1) is 19.9. The van der Waals surface area contributed by atoms with Gasteiger partial charge in [0.15, 0.2) is 0 Å². The summed E-state index contributed by atoms with van der Waals surface area (Å²) in [4.78, 5) is 26.3. The third kappa shape index (κ3) is 5.31. The monoisotopic (exact) mass is 384 g/mol. The highest BCUT2D eigenvalue weighted by Gasteiger charge is 2.33. The fourth-order valence-electron chi connectivity index (χ4n) is 3.35. The molecule has 6 heteroatoms. The van der Waals surface area contributed by atoms with E-state index in [-0.39, 0.29) is 30.0 Å². The predicted molar refractivity (Wildman–Crippen MR) is 104 cm³/mol. The number of likely N-dealkylation sites (tertiary alicyclic amines) is 1. The van der Waals surface area contributed by atoms with E-state index >= 15 is 0 Å². The van der Waals surface area contributed by atoms with Crippen molar-refractivity contribution < 1.29 is 18.7 Å². The highest BCUT2D eigenvalue weighted by atomic mass is 19.1. The fourth-order valence-corrected chi connectivity index (χ4v) is 3.35. The standard InChI is InChI=1S/C22H25FN2O3/c1-28-20-8-4-17(5-9-20)11-13-25-15-18(14-21(25)26)22(27)24-12-10-16-2-6-19(23)7-3-16/h2-9,18H,10-15H2,1H3,(H,24,27). The van der Waals surface area contributed by atoms with Crippen LogP contribution in [0, 0.1) is 11.7 Å². The number of halogens is 1. The van der Waals surface area contributed by atoms with Gasteiger partial charge in [-0.3, -0.25) is 9.59 Å². The summed E-state index contributed by atoms with van der Waals surface area (Å²) in [7, 11) is 1.63. The molecule has 0 bridgehead atoms. The summed E-state index contributed by atoms with van der Waals surface area (Å²) in [5.41, 5.74) is 2.09. The lowest BCUT2D eigenvalue weighted by Gasteiger charge is -2.16. The van der Waals surface area contributed by atoms with E-state index in [0.717, 1.165) is 23.3 Å². The van der Waals surface area contributed by atoms with E-state index in [0.29, 0.717) is 26.1 Å². The number of amides is 2. The third-order valence-corrected chi connectivity index (χ3v) is 5.04. The first-order chi connectivity index (χ1) is 13.5. The maximum absolute atomic E-state index is 12.9. The number of benzene rings is 2. The Bertz CT molecular complexity index is 806. The summed E-state index contributed by atoms with van der Waals surface area (Å²) in [5, 5.41) is 2.89. The minimum Gasteiger partial charge on any atom is -0.497 e. The smallest absolute Gasteiger partial charge is 0.225 e. The van der Waals surface area contributed by atoms with Crippen molar-refractivity contribution in [3.63, 3.8) is 0 Å². The molecule has 1 atom stereocenters. The van der Waals surface area contributed by atoms with Gasteiger partial charge in [0.1, 0.15) is 11.6 Å². The Kier molecular flexibility index (Phi) is 6.63. The maximum Gasteiger partial charge on any atom is 0.225 e. The van der Waals surface area contributed by atoms with Gasteiger partial charge in [-0.05, 0) is 48.2 Å². The van der Waals surface area contributed by atoms with E-state index in [1.54, 1.807) is 24.1 Å². The van der Waals surface area contributed by atoms with Crippen LogP contribution in [0.1, 0.15) is 17.5 Å². The number of ether oxygens (including phenoxy) is 1. The van der Waals surface area contributed by atoms with Crippen LogP contribution in [0.4, 0.5) is 4.39 Å². The van der Waals surface area contributed by atoms with Crippen LogP contribution in [0.15, 0.2) is 48.5 Å². The predicted octanol–water partition coefficient (Wildman–Crippen LogP) is 2.58. The van der Waals surface area contributed by atoms with Crippen molar-refractivity contribution in [3.05, 3.63) is 65.5 Å². The molecule has 0 spiro atoms. The van der Waals surface area contributed by atoms with Crippen LogP contribution in [0.25, 0.3) is 0 Å². The molecule has 1 fully saturated rings. The van der Waals surface area contributed by atoms with E-state index in [1.807, 2.05) is 24.3 Å². The Morgan fingerprint density at radius 3 is 2.43 bits per heavy atom.